The minimum atomic E-state index is 0. The van der Waals surface area contributed by atoms with E-state index in [1.165, 1.54) is 17.5 Å². The second-order valence-electron chi connectivity index (χ2n) is 7.46. The van der Waals surface area contributed by atoms with E-state index in [4.69, 9.17) is 8.83 Å². The lowest BCUT2D eigenvalue weighted by atomic mass is 9.92. The Hall–Kier alpha value is -2.24. The summed E-state index contributed by atoms with van der Waals surface area (Å²) in [5.74, 6) is 0. The van der Waals surface area contributed by atoms with E-state index in [9.17, 15) is 0 Å². The number of hydrogen-bond donors (Lipinski definition) is 2. The predicted octanol–water partition coefficient (Wildman–Crippen LogP) is 6.12. The lowest BCUT2D eigenvalue weighted by Crippen LogP contribution is -2.45. The summed E-state index contributed by atoms with van der Waals surface area (Å²) in [7, 11) is 0. The van der Waals surface area contributed by atoms with Crippen LogP contribution in [0, 0.1) is 0 Å². The summed E-state index contributed by atoms with van der Waals surface area (Å²) in [4.78, 5) is 0. The highest BCUT2D eigenvalue weighted by molar-refractivity contribution is 5.86. The molecule has 30 heavy (non-hydrogen) atoms. The summed E-state index contributed by atoms with van der Waals surface area (Å²) < 4.78 is 11.1. The Balaban J connectivity index is 0.00000128. The van der Waals surface area contributed by atoms with Crippen LogP contribution in [0.3, 0.4) is 0 Å². The maximum atomic E-state index is 5.79. The van der Waals surface area contributed by atoms with Gasteiger partial charge in [0.15, 0.2) is 0 Å². The highest BCUT2D eigenvalue weighted by Gasteiger charge is 2.25. The van der Waals surface area contributed by atoms with Gasteiger partial charge in [-0.1, -0.05) is 30.3 Å². The summed E-state index contributed by atoms with van der Waals surface area (Å²) in [6.07, 6.45) is 7.61. The third kappa shape index (κ3) is 4.57. The fourth-order valence-electron chi connectivity index (χ4n) is 4.24. The van der Waals surface area contributed by atoms with Crippen LogP contribution in [-0.4, -0.2) is 12.6 Å². The van der Waals surface area contributed by atoms with E-state index in [-0.39, 0.29) is 24.8 Å². The largest absolute Gasteiger partial charge is 0.472 e. The van der Waals surface area contributed by atoms with Crippen molar-refractivity contribution in [3.05, 3.63) is 84.5 Å². The van der Waals surface area contributed by atoms with E-state index < -0.39 is 0 Å². The third-order valence-corrected chi connectivity index (χ3v) is 5.65. The zero-order valence-corrected chi connectivity index (χ0v) is 18.2. The monoisotopic (exact) mass is 444 g/mol. The fraction of sp³-hybridized carbons (Fsp3) is 0.250. The molecule has 0 amide bonds. The number of nitrogens with one attached hydrogen (secondary N) is 2. The van der Waals surface area contributed by atoms with Gasteiger partial charge in [-0.25, -0.2) is 0 Å². The van der Waals surface area contributed by atoms with Crippen molar-refractivity contribution in [2.45, 2.75) is 31.5 Å². The molecule has 1 aliphatic heterocycles. The molecule has 2 atom stereocenters. The Morgan fingerprint density at radius 2 is 1.83 bits per heavy atom. The van der Waals surface area contributed by atoms with Crippen LogP contribution in [0.1, 0.15) is 30.0 Å². The van der Waals surface area contributed by atoms with Gasteiger partial charge >= 0.3 is 0 Å². The quantitative estimate of drug-likeness (QED) is 0.389. The molecular weight excluding hydrogens is 419 g/mol. The molecule has 2 N–H and O–H groups in total. The van der Waals surface area contributed by atoms with Gasteiger partial charge in [-0.3, -0.25) is 0 Å². The first-order valence-electron chi connectivity index (χ1n) is 9.93. The fourth-order valence-corrected chi connectivity index (χ4v) is 4.24. The molecule has 1 fully saturated rings. The molecule has 5 rings (SSSR count). The van der Waals surface area contributed by atoms with Crippen molar-refractivity contribution < 1.29 is 8.83 Å². The van der Waals surface area contributed by atoms with Crippen LogP contribution < -0.4 is 10.6 Å². The van der Waals surface area contributed by atoms with Crippen molar-refractivity contribution in [3.8, 4) is 11.1 Å². The van der Waals surface area contributed by atoms with Crippen LogP contribution >= 0.6 is 24.8 Å². The molecule has 3 heterocycles. The lowest BCUT2D eigenvalue weighted by Gasteiger charge is -2.34. The SMILES string of the molecule is Cl.Cl.c1ccc([C@@H]2NCCC[C@@H]2NCc2cc(-c3ccoc3)cc3ccoc23)cc1. The van der Waals surface area contributed by atoms with Crippen molar-refractivity contribution in [2.24, 2.45) is 0 Å². The Morgan fingerprint density at radius 1 is 0.967 bits per heavy atom. The number of fused-ring (bicyclic) bond motifs is 1. The molecule has 1 saturated heterocycles. The Labute approximate surface area is 188 Å². The predicted molar refractivity (Wildman–Crippen MR) is 125 cm³/mol. The molecule has 6 heteroatoms. The summed E-state index contributed by atoms with van der Waals surface area (Å²) >= 11 is 0. The molecule has 0 bridgehead atoms. The molecule has 0 radical (unpaired) electrons. The second kappa shape index (κ2) is 10.2. The molecule has 4 nitrogen and oxygen atoms in total. The molecule has 0 saturated carbocycles. The van der Waals surface area contributed by atoms with Gasteiger partial charge in [-0.15, -0.1) is 24.8 Å². The van der Waals surface area contributed by atoms with Gasteiger partial charge in [0.05, 0.1) is 18.8 Å². The molecule has 158 valence electrons. The van der Waals surface area contributed by atoms with Gasteiger partial charge in [0.25, 0.3) is 0 Å². The number of piperidine rings is 1. The van der Waals surface area contributed by atoms with Crippen LogP contribution in [0.15, 0.2) is 82.2 Å². The number of benzene rings is 2. The van der Waals surface area contributed by atoms with Gasteiger partial charge in [-0.2, -0.15) is 0 Å². The van der Waals surface area contributed by atoms with E-state index in [1.54, 1.807) is 18.8 Å². The van der Waals surface area contributed by atoms with E-state index in [2.05, 4.69) is 53.1 Å². The summed E-state index contributed by atoms with van der Waals surface area (Å²) in [6, 6.07) is 19.8. The first-order valence-corrected chi connectivity index (χ1v) is 9.93. The lowest BCUT2D eigenvalue weighted by molar-refractivity contribution is 0.304. The van der Waals surface area contributed by atoms with Gasteiger partial charge in [-0.05, 0) is 54.8 Å². The van der Waals surface area contributed by atoms with Crippen LogP contribution in [-0.2, 0) is 6.54 Å². The first kappa shape index (κ1) is 22.4. The minimum absolute atomic E-state index is 0. The number of hydrogen-bond acceptors (Lipinski definition) is 4. The van der Waals surface area contributed by atoms with Crippen molar-refractivity contribution in [1.82, 2.24) is 10.6 Å². The van der Waals surface area contributed by atoms with Crippen LogP contribution in [0.5, 0.6) is 0 Å². The maximum Gasteiger partial charge on any atom is 0.138 e. The van der Waals surface area contributed by atoms with E-state index >= 15 is 0 Å². The van der Waals surface area contributed by atoms with Crippen LogP contribution in [0.2, 0.25) is 0 Å². The number of furan rings is 2. The maximum absolute atomic E-state index is 5.79. The zero-order valence-electron chi connectivity index (χ0n) is 16.5. The standard InChI is InChI=1S/C24H24N2O2.2ClH/c1-2-5-17(6-3-1)23-22(7-4-10-25-23)26-15-21-14-20(19-8-11-27-16-19)13-18-9-12-28-24(18)21;;/h1-3,5-6,8-9,11-14,16,22-23,25-26H,4,7,10,15H2;2*1H/t22-,23-;;/m0../s1. The number of rotatable bonds is 5. The molecule has 0 spiro atoms. The number of halogens is 2. The molecule has 2 aromatic carbocycles. The van der Waals surface area contributed by atoms with E-state index in [0.717, 1.165) is 41.6 Å². The topological polar surface area (TPSA) is 50.3 Å². The van der Waals surface area contributed by atoms with Gasteiger partial charge in [0, 0.05) is 35.1 Å². The van der Waals surface area contributed by atoms with Crippen molar-refractivity contribution in [3.63, 3.8) is 0 Å². The van der Waals surface area contributed by atoms with Crippen molar-refractivity contribution >= 4 is 35.8 Å². The van der Waals surface area contributed by atoms with Crippen LogP contribution in [0.4, 0.5) is 0 Å². The van der Waals surface area contributed by atoms with Gasteiger partial charge < -0.3 is 19.5 Å². The van der Waals surface area contributed by atoms with Gasteiger partial charge in [0.2, 0.25) is 0 Å². The summed E-state index contributed by atoms with van der Waals surface area (Å²) in [5.41, 5.74) is 5.72. The van der Waals surface area contributed by atoms with Crippen LogP contribution in [0.25, 0.3) is 22.1 Å². The van der Waals surface area contributed by atoms with E-state index in [0.29, 0.717) is 12.1 Å². The zero-order chi connectivity index (χ0) is 18.8. The smallest absolute Gasteiger partial charge is 0.138 e. The molecule has 4 aromatic rings. The van der Waals surface area contributed by atoms with Crippen molar-refractivity contribution in [2.75, 3.05) is 6.54 Å². The molecular formula is C24H26Cl2N2O2. The molecule has 0 unspecified atom stereocenters. The van der Waals surface area contributed by atoms with Gasteiger partial charge in [0.1, 0.15) is 5.58 Å². The van der Waals surface area contributed by atoms with E-state index in [1.807, 2.05) is 12.1 Å². The van der Waals surface area contributed by atoms with Crippen molar-refractivity contribution in [1.29, 1.82) is 0 Å². The highest BCUT2D eigenvalue weighted by Crippen LogP contribution is 2.30. The molecule has 1 aliphatic rings. The Morgan fingerprint density at radius 3 is 2.63 bits per heavy atom. The summed E-state index contributed by atoms with van der Waals surface area (Å²) in [5, 5.41) is 8.61. The molecule has 0 aliphatic carbocycles. The highest BCUT2D eigenvalue weighted by atomic mass is 35.5. The Bertz CT molecular complexity index is 1050. The molecule has 2 aromatic heterocycles. The second-order valence-corrected chi connectivity index (χ2v) is 7.46. The third-order valence-electron chi connectivity index (χ3n) is 5.65. The first-order chi connectivity index (χ1) is 13.9. The minimum Gasteiger partial charge on any atom is -0.472 e. The summed E-state index contributed by atoms with van der Waals surface area (Å²) in [6.45, 7) is 1.83. The Kier molecular flexibility index (Phi) is 7.62. The average molecular weight is 445 g/mol. The average Bonchev–Trinajstić information content (AvgIpc) is 3.44. The normalized spacial score (nSPS) is 18.5.